The number of carbonyl (C=O) groups is 1. The Labute approximate surface area is 120 Å². The van der Waals surface area contributed by atoms with Crippen molar-refractivity contribution in [3.8, 4) is 5.75 Å². The number of aryl methyl sites for hydroxylation is 2. The number of ketones is 1. The molecule has 0 unspecified atom stereocenters. The van der Waals surface area contributed by atoms with Crippen LogP contribution in [0.5, 0.6) is 5.75 Å². The minimum absolute atomic E-state index is 0.0194. The molecule has 0 amide bonds. The smallest absolute Gasteiger partial charge is 0.387 e. The molecule has 5 heteroatoms. The van der Waals surface area contributed by atoms with Crippen molar-refractivity contribution in [2.45, 2.75) is 20.5 Å². The van der Waals surface area contributed by atoms with E-state index in [-0.39, 0.29) is 11.5 Å². The van der Waals surface area contributed by atoms with Gasteiger partial charge in [-0.2, -0.15) is 8.78 Å². The highest BCUT2D eigenvalue weighted by Crippen LogP contribution is 2.22. The summed E-state index contributed by atoms with van der Waals surface area (Å²) in [6.07, 6.45) is 0. The molecule has 0 aromatic heterocycles. The van der Waals surface area contributed by atoms with E-state index in [1.54, 1.807) is 13.8 Å². The molecular weight excluding hydrogens is 281 g/mol. The van der Waals surface area contributed by atoms with Crippen molar-refractivity contribution < 1.29 is 22.7 Å². The summed E-state index contributed by atoms with van der Waals surface area (Å²) >= 11 is 0. The molecule has 0 N–H and O–H groups in total. The number of halogens is 3. The molecular formula is C16H13F3O2. The summed E-state index contributed by atoms with van der Waals surface area (Å²) in [5, 5.41) is 0. The first-order chi connectivity index (χ1) is 9.88. The van der Waals surface area contributed by atoms with Crippen molar-refractivity contribution in [1.82, 2.24) is 0 Å². The number of hydrogen-bond acceptors (Lipinski definition) is 2. The molecule has 0 aliphatic heterocycles. The fraction of sp³-hybridized carbons (Fsp3) is 0.188. The van der Waals surface area contributed by atoms with Crippen LogP contribution >= 0.6 is 0 Å². The third-order valence-electron chi connectivity index (χ3n) is 3.07. The van der Waals surface area contributed by atoms with E-state index in [2.05, 4.69) is 4.74 Å². The van der Waals surface area contributed by atoms with Gasteiger partial charge in [-0.05, 0) is 61.4 Å². The summed E-state index contributed by atoms with van der Waals surface area (Å²) in [6, 6.07) is 7.98. The van der Waals surface area contributed by atoms with Gasteiger partial charge in [0.25, 0.3) is 0 Å². The second-order valence-corrected chi connectivity index (χ2v) is 4.65. The van der Waals surface area contributed by atoms with Crippen LogP contribution in [0.1, 0.15) is 27.0 Å². The number of benzene rings is 2. The lowest BCUT2D eigenvalue weighted by Crippen LogP contribution is -2.07. The lowest BCUT2D eigenvalue weighted by Gasteiger charge is -2.10. The maximum atomic E-state index is 13.2. The van der Waals surface area contributed by atoms with Gasteiger partial charge in [-0.1, -0.05) is 0 Å². The highest BCUT2D eigenvalue weighted by Gasteiger charge is 2.16. The minimum Gasteiger partial charge on any atom is -0.435 e. The van der Waals surface area contributed by atoms with Crippen LogP contribution in [0.3, 0.4) is 0 Å². The van der Waals surface area contributed by atoms with Crippen LogP contribution in [-0.4, -0.2) is 12.4 Å². The van der Waals surface area contributed by atoms with Crippen LogP contribution < -0.4 is 4.74 Å². The normalized spacial score (nSPS) is 10.8. The van der Waals surface area contributed by atoms with E-state index < -0.39 is 12.4 Å². The van der Waals surface area contributed by atoms with Crippen LogP contribution in [0.25, 0.3) is 0 Å². The van der Waals surface area contributed by atoms with Gasteiger partial charge in [0.15, 0.2) is 5.78 Å². The lowest BCUT2D eigenvalue weighted by molar-refractivity contribution is -0.0498. The van der Waals surface area contributed by atoms with Crippen LogP contribution in [-0.2, 0) is 0 Å². The Morgan fingerprint density at radius 3 is 2.05 bits per heavy atom. The van der Waals surface area contributed by atoms with Gasteiger partial charge in [-0.25, -0.2) is 4.39 Å². The second-order valence-electron chi connectivity index (χ2n) is 4.65. The van der Waals surface area contributed by atoms with Gasteiger partial charge in [-0.3, -0.25) is 4.79 Å². The van der Waals surface area contributed by atoms with E-state index in [1.807, 2.05) is 0 Å². The van der Waals surface area contributed by atoms with Gasteiger partial charge in [0.1, 0.15) is 11.6 Å². The average molecular weight is 294 g/mol. The molecule has 0 aliphatic carbocycles. The first-order valence-electron chi connectivity index (χ1n) is 6.25. The molecule has 0 saturated carbocycles. The second kappa shape index (κ2) is 5.99. The van der Waals surface area contributed by atoms with Crippen molar-refractivity contribution in [2.75, 3.05) is 0 Å². The molecule has 2 rings (SSSR count). The topological polar surface area (TPSA) is 26.3 Å². The molecule has 2 nitrogen and oxygen atoms in total. The molecule has 2 aromatic carbocycles. The predicted octanol–water partition coefficient (Wildman–Crippen LogP) is 4.27. The van der Waals surface area contributed by atoms with Gasteiger partial charge in [0.05, 0.1) is 0 Å². The number of ether oxygens (including phenoxy) is 1. The fourth-order valence-electron chi connectivity index (χ4n) is 2.20. The molecule has 21 heavy (non-hydrogen) atoms. The Kier molecular flexibility index (Phi) is 4.31. The molecule has 0 bridgehead atoms. The van der Waals surface area contributed by atoms with E-state index >= 15 is 0 Å². The summed E-state index contributed by atoms with van der Waals surface area (Å²) in [7, 11) is 0. The van der Waals surface area contributed by atoms with Crippen molar-refractivity contribution in [1.29, 1.82) is 0 Å². The zero-order valence-electron chi connectivity index (χ0n) is 11.5. The summed E-state index contributed by atoms with van der Waals surface area (Å²) in [6.45, 7) is 0.392. The third kappa shape index (κ3) is 3.42. The molecule has 110 valence electrons. The average Bonchev–Trinajstić information content (AvgIpc) is 2.37. The number of hydrogen-bond donors (Lipinski definition) is 0. The molecule has 0 heterocycles. The Balaban J connectivity index is 2.32. The van der Waals surface area contributed by atoms with Crippen LogP contribution in [0, 0.1) is 19.7 Å². The summed E-state index contributed by atoms with van der Waals surface area (Å²) in [5.41, 5.74) is 1.81. The van der Waals surface area contributed by atoms with E-state index in [0.29, 0.717) is 22.3 Å². The maximum absolute atomic E-state index is 13.2. The number of carbonyl (C=O) groups excluding carboxylic acids is 1. The number of alkyl halides is 2. The molecule has 2 aromatic rings. The third-order valence-corrected chi connectivity index (χ3v) is 3.07. The van der Waals surface area contributed by atoms with Crippen LogP contribution in [0.15, 0.2) is 36.4 Å². The van der Waals surface area contributed by atoms with Crippen LogP contribution in [0.2, 0.25) is 0 Å². The Bertz CT molecular complexity index is 641. The summed E-state index contributed by atoms with van der Waals surface area (Å²) < 4.78 is 41.6. The SMILES string of the molecule is Cc1cc(F)cc(C)c1C(=O)c1ccc(OC(F)F)cc1. The summed E-state index contributed by atoms with van der Waals surface area (Å²) in [5.74, 6) is -0.704. The molecule has 0 saturated heterocycles. The molecule has 0 radical (unpaired) electrons. The van der Waals surface area contributed by atoms with Gasteiger partial charge in [-0.15, -0.1) is 0 Å². The molecule has 0 spiro atoms. The fourth-order valence-corrected chi connectivity index (χ4v) is 2.20. The van der Waals surface area contributed by atoms with E-state index in [4.69, 9.17) is 0 Å². The molecule has 0 fully saturated rings. The highest BCUT2D eigenvalue weighted by molar-refractivity contribution is 6.10. The van der Waals surface area contributed by atoms with Gasteiger partial charge < -0.3 is 4.74 Å². The Hall–Kier alpha value is -2.30. The van der Waals surface area contributed by atoms with Gasteiger partial charge >= 0.3 is 6.61 Å². The first kappa shape index (κ1) is 15.1. The van der Waals surface area contributed by atoms with Crippen molar-refractivity contribution >= 4 is 5.78 Å². The predicted molar refractivity (Wildman–Crippen MR) is 72.4 cm³/mol. The Morgan fingerprint density at radius 1 is 1.05 bits per heavy atom. The zero-order valence-corrected chi connectivity index (χ0v) is 11.5. The summed E-state index contributed by atoms with van der Waals surface area (Å²) in [4.78, 5) is 12.4. The van der Waals surface area contributed by atoms with Crippen LogP contribution in [0.4, 0.5) is 13.2 Å². The van der Waals surface area contributed by atoms with Gasteiger partial charge in [0, 0.05) is 11.1 Å². The quantitative estimate of drug-likeness (QED) is 0.787. The highest BCUT2D eigenvalue weighted by atomic mass is 19.3. The van der Waals surface area contributed by atoms with Crippen molar-refractivity contribution in [3.63, 3.8) is 0 Å². The Morgan fingerprint density at radius 2 is 1.57 bits per heavy atom. The maximum Gasteiger partial charge on any atom is 0.387 e. The monoisotopic (exact) mass is 294 g/mol. The van der Waals surface area contributed by atoms with Crippen molar-refractivity contribution in [3.05, 3.63) is 64.5 Å². The molecule has 0 aliphatic rings. The lowest BCUT2D eigenvalue weighted by atomic mass is 9.95. The minimum atomic E-state index is -2.91. The van der Waals surface area contributed by atoms with E-state index in [0.717, 1.165) is 0 Å². The largest absolute Gasteiger partial charge is 0.435 e. The van der Waals surface area contributed by atoms with E-state index in [9.17, 15) is 18.0 Å². The zero-order chi connectivity index (χ0) is 15.6. The standard InChI is InChI=1S/C16H13F3O2/c1-9-7-12(17)8-10(2)14(9)15(20)11-3-5-13(6-4-11)21-16(18)19/h3-8,16H,1-2H3. The van der Waals surface area contributed by atoms with Crippen molar-refractivity contribution in [2.24, 2.45) is 0 Å². The van der Waals surface area contributed by atoms with E-state index in [1.165, 1.54) is 36.4 Å². The molecule has 0 atom stereocenters. The van der Waals surface area contributed by atoms with Gasteiger partial charge in [0.2, 0.25) is 0 Å². The first-order valence-corrected chi connectivity index (χ1v) is 6.25. The number of rotatable bonds is 4.